The van der Waals surface area contributed by atoms with Gasteiger partial charge in [-0.2, -0.15) is 0 Å². The molecule has 1 N–H and O–H groups in total. The number of hydrogen-bond acceptors (Lipinski definition) is 4. The lowest BCUT2D eigenvalue weighted by Crippen LogP contribution is -2.41. The summed E-state index contributed by atoms with van der Waals surface area (Å²) >= 11 is 1.95. The molecule has 1 unspecified atom stereocenters. The Bertz CT molecular complexity index is 687. The summed E-state index contributed by atoms with van der Waals surface area (Å²) in [5.41, 5.74) is 0. The molecule has 2 aromatic rings. The number of likely N-dealkylation sites (tertiary alicyclic amines) is 1. The smallest absolute Gasteiger partial charge is 0.193 e. The van der Waals surface area contributed by atoms with Crippen molar-refractivity contribution in [2.24, 2.45) is 10.9 Å². The molecule has 0 spiro atoms. The monoisotopic (exact) mass is 498 g/mol. The molecule has 0 bridgehead atoms. The Kier molecular flexibility index (Phi) is 9.75. The maximum absolute atomic E-state index is 5.67. The molecule has 1 aliphatic heterocycles. The second kappa shape index (κ2) is 12.1. The van der Waals surface area contributed by atoms with Gasteiger partial charge in [-0.3, -0.25) is 9.98 Å². The maximum Gasteiger partial charge on any atom is 0.193 e. The molecule has 1 aliphatic rings. The summed E-state index contributed by atoms with van der Waals surface area (Å²) in [6.45, 7) is 3.43. The van der Waals surface area contributed by atoms with Gasteiger partial charge in [-0.1, -0.05) is 18.2 Å². The van der Waals surface area contributed by atoms with Crippen LogP contribution in [-0.2, 0) is 0 Å². The van der Waals surface area contributed by atoms with E-state index in [0.717, 1.165) is 37.1 Å². The van der Waals surface area contributed by atoms with Crippen LogP contribution in [-0.4, -0.2) is 54.9 Å². The fraction of sp³-hybridized carbons (Fsp3) is 0.400. The summed E-state index contributed by atoms with van der Waals surface area (Å²) in [4.78, 5) is 12.2. The van der Waals surface area contributed by atoms with Crippen LogP contribution in [0.25, 0.3) is 0 Å². The van der Waals surface area contributed by atoms with E-state index in [1.54, 1.807) is 12.4 Å². The van der Waals surface area contributed by atoms with Gasteiger partial charge >= 0.3 is 0 Å². The molecule has 0 amide bonds. The van der Waals surface area contributed by atoms with Gasteiger partial charge < -0.3 is 15.0 Å². The van der Waals surface area contributed by atoms with Crippen LogP contribution >= 0.6 is 35.7 Å². The molecule has 1 aromatic carbocycles. The number of nitrogens with one attached hydrogen (secondary N) is 1. The van der Waals surface area contributed by atoms with E-state index in [2.05, 4.69) is 50.5 Å². The number of thioether (sulfide) groups is 1. The number of ether oxygens (including phenoxy) is 1. The van der Waals surface area contributed by atoms with Crippen molar-refractivity contribution in [3.63, 3.8) is 0 Å². The van der Waals surface area contributed by atoms with Crippen LogP contribution in [0.4, 0.5) is 0 Å². The summed E-state index contributed by atoms with van der Waals surface area (Å²) < 4.78 is 5.67. The van der Waals surface area contributed by atoms with E-state index < -0.39 is 0 Å². The molecule has 0 radical (unpaired) electrons. The van der Waals surface area contributed by atoms with Gasteiger partial charge in [-0.05, 0) is 36.6 Å². The van der Waals surface area contributed by atoms with E-state index in [-0.39, 0.29) is 24.0 Å². The van der Waals surface area contributed by atoms with Gasteiger partial charge in [0.05, 0.1) is 12.7 Å². The molecule has 1 saturated heterocycles. The highest BCUT2D eigenvalue weighted by Crippen LogP contribution is 2.25. The lowest BCUT2D eigenvalue weighted by Gasteiger charge is -2.21. The second-order valence-electron chi connectivity index (χ2n) is 6.24. The molecule has 146 valence electrons. The first kappa shape index (κ1) is 21.8. The van der Waals surface area contributed by atoms with Gasteiger partial charge in [0.15, 0.2) is 5.96 Å². The summed E-state index contributed by atoms with van der Waals surface area (Å²) in [6.07, 6.45) is 4.68. The predicted octanol–water partition coefficient (Wildman–Crippen LogP) is 3.77. The average Bonchev–Trinajstić information content (AvgIpc) is 3.17. The number of pyridine rings is 1. The lowest BCUT2D eigenvalue weighted by molar-refractivity contribution is 0.318. The number of halogens is 1. The maximum atomic E-state index is 5.67. The summed E-state index contributed by atoms with van der Waals surface area (Å²) in [7, 11) is 1.84. The van der Waals surface area contributed by atoms with Gasteiger partial charge in [0.2, 0.25) is 0 Å². The summed E-state index contributed by atoms with van der Waals surface area (Å²) in [5.74, 6) is 3.61. The molecule has 2 heterocycles. The molecule has 27 heavy (non-hydrogen) atoms. The summed E-state index contributed by atoms with van der Waals surface area (Å²) in [6, 6.07) is 14.4. The molecular weight excluding hydrogens is 471 g/mol. The minimum atomic E-state index is 0. The molecule has 0 aliphatic carbocycles. The SMILES string of the molecule is CN=C(NCCOc1cccnc1)N1CCC(CSc2ccccc2)C1.I. The Morgan fingerprint density at radius 3 is 2.89 bits per heavy atom. The predicted molar refractivity (Wildman–Crippen MR) is 123 cm³/mol. The van der Waals surface area contributed by atoms with E-state index in [0.29, 0.717) is 12.5 Å². The van der Waals surface area contributed by atoms with Crippen LogP contribution in [0.2, 0.25) is 0 Å². The van der Waals surface area contributed by atoms with E-state index in [1.807, 2.05) is 30.9 Å². The Balaban J connectivity index is 0.00000261. The Morgan fingerprint density at radius 2 is 2.15 bits per heavy atom. The Hall–Kier alpha value is -1.48. The fourth-order valence-electron chi connectivity index (χ4n) is 2.99. The number of benzene rings is 1. The molecule has 1 atom stereocenters. The molecule has 7 heteroatoms. The Labute approximate surface area is 183 Å². The van der Waals surface area contributed by atoms with Gasteiger partial charge in [-0.25, -0.2) is 0 Å². The first-order valence-corrected chi connectivity index (χ1v) is 10.00. The molecular formula is C20H27IN4OS. The van der Waals surface area contributed by atoms with Crippen LogP contribution in [0.15, 0.2) is 64.7 Å². The van der Waals surface area contributed by atoms with E-state index in [4.69, 9.17) is 4.74 Å². The first-order chi connectivity index (χ1) is 12.8. The van der Waals surface area contributed by atoms with Gasteiger partial charge in [0.25, 0.3) is 0 Å². The first-order valence-electron chi connectivity index (χ1n) is 9.01. The van der Waals surface area contributed by atoms with Gasteiger partial charge in [0, 0.05) is 37.0 Å². The minimum Gasteiger partial charge on any atom is -0.490 e. The van der Waals surface area contributed by atoms with Crippen LogP contribution < -0.4 is 10.1 Å². The Morgan fingerprint density at radius 1 is 1.30 bits per heavy atom. The lowest BCUT2D eigenvalue weighted by atomic mass is 10.2. The van der Waals surface area contributed by atoms with Crippen molar-refractivity contribution >= 4 is 41.7 Å². The zero-order chi connectivity index (χ0) is 18.0. The van der Waals surface area contributed by atoms with Crippen LogP contribution in [0.1, 0.15) is 6.42 Å². The second-order valence-corrected chi connectivity index (χ2v) is 7.33. The number of aromatic nitrogens is 1. The molecule has 5 nitrogen and oxygen atoms in total. The number of aliphatic imine (C=N–C) groups is 1. The number of rotatable bonds is 7. The van der Waals surface area contributed by atoms with Gasteiger partial charge in [0.1, 0.15) is 12.4 Å². The molecule has 1 fully saturated rings. The molecule has 1 aromatic heterocycles. The zero-order valence-corrected chi connectivity index (χ0v) is 18.7. The number of nitrogens with zero attached hydrogens (tertiary/aromatic N) is 3. The summed E-state index contributed by atoms with van der Waals surface area (Å²) in [5, 5.41) is 3.40. The van der Waals surface area contributed by atoms with Crippen molar-refractivity contribution < 1.29 is 4.74 Å². The van der Waals surface area contributed by atoms with Crippen molar-refractivity contribution in [3.05, 3.63) is 54.9 Å². The highest BCUT2D eigenvalue weighted by atomic mass is 127. The van der Waals surface area contributed by atoms with Crippen LogP contribution in [0, 0.1) is 5.92 Å². The largest absolute Gasteiger partial charge is 0.490 e. The van der Waals surface area contributed by atoms with E-state index >= 15 is 0 Å². The number of guanidine groups is 1. The third-order valence-corrected chi connectivity index (χ3v) is 5.56. The highest BCUT2D eigenvalue weighted by Gasteiger charge is 2.24. The quantitative estimate of drug-likeness (QED) is 0.207. The molecule has 0 saturated carbocycles. The van der Waals surface area contributed by atoms with E-state index in [9.17, 15) is 0 Å². The zero-order valence-electron chi connectivity index (χ0n) is 15.6. The van der Waals surface area contributed by atoms with Crippen molar-refractivity contribution in [1.82, 2.24) is 15.2 Å². The molecule has 3 rings (SSSR count). The fourth-order valence-corrected chi connectivity index (χ4v) is 4.04. The highest BCUT2D eigenvalue weighted by molar-refractivity contribution is 14.0. The van der Waals surface area contributed by atoms with Crippen LogP contribution in [0.3, 0.4) is 0 Å². The minimum absolute atomic E-state index is 0. The standard InChI is InChI=1S/C20H26N4OS.HI/c1-21-20(23-11-13-25-18-6-5-10-22-14-18)24-12-9-17(15-24)16-26-19-7-3-2-4-8-19;/h2-8,10,14,17H,9,11-13,15-16H2,1H3,(H,21,23);1H. The van der Waals surface area contributed by atoms with Gasteiger partial charge in [-0.15, -0.1) is 35.7 Å². The number of hydrogen-bond donors (Lipinski definition) is 1. The normalized spacial score (nSPS) is 16.7. The van der Waals surface area contributed by atoms with E-state index in [1.165, 1.54) is 11.3 Å². The third kappa shape index (κ3) is 7.21. The third-order valence-electron chi connectivity index (χ3n) is 4.31. The average molecular weight is 498 g/mol. The van der Waals surface area contributed by atoms with Crippen LogP contribution in [0.5, 0.6) is 5.75 Å². The van der Waals surface area contributed by atoms with Crippen molar-refractivity contribution in [2.75, 3.05) is 39.0 Å². The topological polar surface area (TPSA) is 49.8 Å². The van der Waals surface area contributed by atoms with Crippen molar-refractivity contribution in [3.8, 4) is 5.75 Å². The van der Waals surface area contributed by atoms with Crippen molar-refractivity contribution in [2.45, 2.75) is 11.3 Å². The van der Waals surface area contributed by atoms with Crippen molar-refractivity contribution in [1.29, 1.82) is 0 Å².